The van der Waals surface area contributed by atoms with Crippen LogP contribution in [-0.4, -0.2) is 11.2 Å². The van der Waals surface area contributed by atoms with Crippen molar-refractivity contribution >= 4 is 22.7 Å². The average Bonchev–Trinajstić information content (AvgIpc) is 3.10. The van der Waals surface area contributed by atoms with Gasteiger partial charge in [-0.3, -0.25) is 5.43 Å². The van der Waals surface area contributed by atoms with Gasteiger partial charge in [-0.05, 0) is 44.0 Å². The first-order valence-electron chi connectivity index (χ1n) is 7.00. The van der Waals surface area contributed by atoms with E-state index in [0.29, 0.717) is 5.76 Å². The Morgan fingerprint density at radius 2 is 2.00 bits per heavy atom. The molecule has 0 saturated carbocycles. The number of anilines is 1. The van der Waals surface area contributed by atoms with Gasteiger partial charge in [0.1, 0.15) is 5.76 Å². The van der Waals surface area contributed by atoms with Crippen molar-refractivity contribution in [3.05, 3.63) is 58.4 Å². The number of furan rings is 1. The third-order valence-corrected chi connectivity index (χ3v) is 4.08. The van der Waals surface area contributed by atoms with Crippen LogP contribution in [0.2, 0.25) is 0 Å². The lowest BCUT2D eigenvalue weighted by molar-refractivity contribution is 0.560. The number of hydrogen-bond acceptors (Lipinski definition) is 5. The highest BCUT2D eigenvalue weighted by Gasteiger charge is 2.10. The molecular weight excluding hydrogens is 294 g/mol. The van der Waals surface area contributed by atoms with Crippen LogP contribution in [0.15, 0.2) is 45.4 Å². The predicted octanol–water partition coefficient (Wildman–Crippen LogP) is 4.77. The Kier molecular flexibility index (Phi) is 4.06. The minimum absolute atomic E-state index is 0.703. The summed E-state index contributed by atoms with van der Waals surface area (Å²) in [5, 5.41) is 6.94. The molecule has 2 heterocycles. The first-order valence-corrected chi connectivity index (χ1v) is 7.88. The van der Waals surface area contributed by atoms with Crippen molar-refractivity contribution in [3.8, 4) is 11.3 Å². The molecule has 0 unspecified atom stereocenters. The van der Waals surface area contributed by atoms with Crippen molar-refractivity contribution < 1.29 is 4.42 Å². The fourth-order valence-electron chi connectivity index (χ4n) is 2.54. The molecule has 0 aliphatic rings. The molecule has 112 valence electrons. The molecule has 0 spiro atoms. The van der Waals surface area contributed by atoms with E-state index < -0.39 is 0 Å². The van der Waals surface area contributed by atoms with E-state index in [1.54, 1.807) is 12.5 Å². The number of aromatic nitrogens is 1. The fourth-order valence-corrected chi connectivity index (χ4v) is 3.19. The van der Waals surface area contributed by atoms with E-state index in [1.165, 1.54) is 33.6 Å². The molecule has 2 aromatic heterocycles. The van der Waals surface area contributed by atoms with Crippen molar-refractivity contribution in [1.82, 2.24) is 4.98 Å². The standard InChI is InChI=1S/C17H17N3OS/c1-11-7-12(2)16(13(3)8-11)15-10-22-17(19-15)20-18-9-14-5-4-6-21-14/h4-10H,1-3H3,(H,19,20)/b18-9-. The summed E-state index contributed by atoms with van der Waals surface area (Å²) in [5.41, 5.74) is 8.88. The predicted molar refractivity (Wildman–Crippen MR) is 91.7 cm³/mol. The third kappa shape index (κ3) is 3.09. The van der Waals surface area contributed by atoms with E-state index in [9.17, 15) is 0 Å². The van der Waals surface area contributed by atoms with Crippen LogP contribution in [0.3, 0.4) is 0 Å². The van der Waals surface area contributed by atoms with Gasteiger partial charge in [0.25, 0.3) is 0 Å². The topological polar surface area (TPSA) is 50.4 Å². The van der Waals surface area contributed by atoms with Crippen LogP contribution in [0.4, 0.5) is 5.13 Å². The maximum atomic E-state index is 5.18. The molecule has 0 atom stereocenters. The SMILES string of the molecule is Cc1cc(C)c(-c2csc(N/N=C\c3ccco3)n2)c(C)c1. The second-order valence-corrected chi connectivity index (χ2v) is 6.06. The summed E-state index contributed by atoms with van der Waals surface area (Å²) in [4.78, 5) is 4.61. The van der Waals surface area contributed by atoms with Crippen molar-refractivity contribution in [2.24, 2.45) is 5.10 Å². The Morgan fingerprint density at radius 3 is 2.68 bits per heavy atom. The van der Waals surface area contributed by atoms with Gasteiger partial charge in [-0.1, -0.05) is 17.7 Å². The first kappa shape index (κ1) is 14.5. The van der Waals surface area contributed by atoms with Gasteiger partial charge in [0.15, 0.2) is 0 Å². The Morgan fingerprint density at radius 1 is 1.23 bits per heavy atom. The third-order valence-electron chi connectivity index (χ3n) is 3.33. The summed E-state index contributed by atoms with van der Waals surface area (Å²) in [7, 11) is 0. The number of hydrogen-bond donors (Lipinski definition) is 1. The second-order valence-electron chi connectivity index (χ2n) is 5.20. The maximum Gasteiger partial charge on any atom is 0.203 e. The minimum atomic E-state index is 0.703. The van der Waals surface area contributed by atoms with Crippen LogP contribution in [0, 0.1) is 20.8 Å². The molecule has 0 radical (unpaired) electrons. The number of hydrazone groups is 1. The highest BCUT2D eigenvalue weighted by Crippen LogP contribution is 2.30. The van der Waals surface area contributed by atoms with E-state index in [1.807, 2.05) is 12.1 Å². The molecule has 3 aromatic rings. The number of aryl methyl sites for hydroxylation is 3. The molecule has 0 aliphatic carbocycles. The molecule has 0 bridgehead atoms. The van der Waals surface area contributed by atoms with Crippen molar-refractivity contribution in [2.45, 2.75) is 20.8 Å². The number of rotatable bonds is 4. The van der Waals surface area contributed by atoms with Crippen LogP contribution in [0.5, 0.6) is 0 Å². The summed E-state index contributed by atoms with van der Waals surface area (Å²) in [5.74, 6) is 0.703. The highest BCUT2D eigenvalue weighted by molar-refractivity contribution is 7.14. The van der Waals surface area contributed by atoms with Gasteiger partial charge in [-0.25, -0.2) is 4.98 Å². The van der Waals surface area contributed by atoms with Gasteiger partial charge in [0.05, 0.1) is 18.2 Å². The quantitative estimate of drug-likeness (QED) is 0.557. The zero-order valence-corrected chi connectivity index (χ0v) is 13.6. The lowest BCUT2D eigenvalue weighted by atomic mass is 9.98. The summed E-state index contributed by atoms with van der Waals surface area (Å²) >= 11 is 1.54. The van der Waals surface area contributed by atoms with Gasteiger partial charge in [0.2, 0.25) is 5.13 Å². The molecule has 1 N–H and O–H groups in total. The Balaban J connectivity index is 1.79. The number of benzene rings is 1. The Bertz CT molecular complexity index is 780. The summed E-state index contributed by atoms with van der Waals surface area (Å²) in [6, 6.07) is 8.04. The largest absolute Gasteiger partial charge is 0.463 e. The zero-order valence-electron chi connectivity index (χ0n) is 12.8. The number of nitrogens with zero attached hydrogens (tertiary/aromatic N) is 2. The first-order chi connectivity index (χ1) is 10.6. The van der Waals surface area contributed by atoms with Gasteiger partial charge in [-0.15, -0.1) is 11.3 Å². The van der Waals surface area contributed by atoms with Crippen molar-refractivity contribution in [3.63, 3.8) is 0 Å². The van der Waals surface area contributed by atoms with E-state index in [-0.39, 0.29) is 0 Å². The molecule has 3 rings (SSSR count). The molecule has 0 saturated heterocycles. The van der Waals surface area contributed by atoms with Crippen LogP contribution in [0.25, 0.3) is 11.3 Å². The number of thiazole rings is 1. The molecule has 22 heavy (non-hydrogen) atoms. The zero-order chi connectivity index (χ0) is 15.5. The maximum absolute atomic E-state index is 5.18. The van der Waals surface area contributed by atoms with Crippen LogP contribution in [0.1, 0.15) is 22.5 Å². The van der Waals surface area contributed by atoms with Gasteiger partial charge in [0, 0.05) is 10.9 Å². The monoisotopic (exact) mass is 311 g/mol. The Hall–Kier alpha value is -2.40. The molecule has 1 aromatic carbocycles. The molecule has 0 fully saturated rings. The molecule has 0 aliphatic heterocycles. The summed E-state index contributed by atoms with van der Waals surface area (Å²) in [6.07, 6.45) is 3.25. The highest BCUT2D eigenvalue weighted by atomic mass is 32.1. The van der Waals surface area contributed by atoms with Crippen molar-refractivity contribution in [2.75, 3.05) is 5.43 Å². The molecular formula is C17H17N3OS. The number of nitrogens with one attached hydrogen (secondary N) is 1. The molecule has 4 nitrogen and oxygen atoms in total. The lowest BCUT2D eigenvalue weighted by Gasteiger charge is -2.08. The smallest absolute Gasteiger partial charge is 0.203 e. The van der Waals surface area contributed by atoms with Gasteiger partial charge >= 0.3 is 0 Å². The van der Waals surface area contributed by atoms with E-state index in [2.05, 4.69) is 53.8 Å². The van der Waals surface area contributed by atoms with E-state index in [4.69, 9.17) is 4.42 Å². The minimum Gasteiger partial charge on any atom is -0.463 e. The Labute approximate surface area is 133 Å². The van der Waals surface area contributed by atoms with Gasteiger partial charge in [-0.2, -0.15) is 5.10 Å². The van der Waals surface area contributed by atoms with E-state index >= 15 is 0 Å². The van der Waals surface area contributed by atoms with E-state index in [0.717, 1.165) is 10.8 Å². The van der Waals surface area contributed by atoms with Gasteiger partial charge < -0.3 is 4.42 Å². The van der Waals surface area contributed by atoms with Crippen LogP contribution >= 0.6 is 11.3 Å². The average molecular weight is 311 g/mol. The lowest BCUT2D eigenvalue weighted by Crippen LogP contribution is -1.92. The fraction of sp³-hybridized carbons (Fsp3) is 0.176. The summed E-state index contributed by atoms with van der Waals surface area (Å²) < 4.78 is 5.18. The van der Waals surface area contributed by atoms with Crippen molar-refractivity contribution in [1.29, 1.82) is 0 Å². The van der Waals surface area contributed by atoms with Crippen LogP contribution < -0.4 is 5.43 Å². The van der Waals surface area contributed by atoms with Crippen LogP contribution in [-0.2, 0) is 0 Å². The second kappa shape index (κ2) is 6.15. The molecule has 0 amide bonds. The molecule has 5 heteroatoms. The summed E-state index contributed by atoms with van der Waals surface area (Å²) in [6.45, 7) is 6.36. The normalized spacial score (nSPS) is 11.2.